The molecule has 0 saturated carbocycles. The molecule has 2 rings (SSSR count). The van der Waals surface area contributed by atoms with E-state index in [2.05, 4.69) is 29.0 Å². The van der Waals surface area contributed by atoms with Crippen LogP contribution in [-0.2, 0) is 0 Å². The van der Waals surface area contributed by atoms with Gasteiger partial charge < -0.3 is 10.0 Å². The Labute approximate surface area is 142 Å². The van der Waals surface area contributed by atoms with Crippen LogP contribution in [0.4, 0.5) is 17.1 Å². The number of carboxylic acid groups (broad SMARTS) is 1. The van der Waals surface area contributed by atoms with Gasteiger partial charge in [0, 0.05) is 18.8 Å². The first-order chi connectivity index (χ1) is 11.7. The normalized spacial score (nSPS) is 10.9. The zero-order valence-electron chi connectivity index (χ0n) is 14.1. The predicted molar refractivity (Wildman–Crippen MR) is 96.8 cm³/mol. The standard InChI is InChI=1S/C19H23N3O2/c1-3-13-22(14-4-2)16-11-9-15(10-12-16)20-21-18-8-6-5-7-17(18)19(23)24/h5-12H,3-4,13-14H2,1-2H3,(H,23,24). The molecule has 0 aliphatic rings. The molecule has 0 spiro atoms. The van der Waals surface area contributed by atoms with E-state index in [9.17, 15) is 4.79 Å². The number of anilines is 1. The van der Waals surface area contributed by atoms with Gasteiger partial charge in [0.25, 0.3) is 0 Å². The first kappa shape index (κ1) is 17.7. The molecule has 24 heavy (non-hydrogen) atoms. The minimum absolute atomic E-state index is 0.148. The highest BCUT2D eigenvalue weighted by atomic mass is 16.4. The topological polar surface area (TPSA) is 65.3 Å². The van der Waals surface area contributed by atoms with Crippen LogP contribution in [0.15, 0.2) is 58.8 Å². The Hall–Kier alpha value is -2.69. The lowest BCUT2D eigenvalue weighted by Gasteiger charge is -2.23. The SMILES string of the molecule is CCCN(CCC)c1ccc(N=Nc2ccccc2C(=O)O)cc1. The minimum atomic E-state index is -1.00. The van der Waals surface area contributed by atoms with E-state index in [1.807, 2.05) is 24.3 Å². The number of aromatic carboxylic acids is 1. The van der Waals surface area contributed by atoms with E-state index in [1.54, 1.807) is 18.2 Å². The van der Waals surface area contributed by atoms with Gasteiger partial charge in [0.15, 0.2) is 0 Å². The van der Waals surface area contributed by atoms with E-state index in [0.29, 0.717) is 11.4 Å². The van der Waals surface area contributed by atoms with E-state index in [0.717, 1.165) is 25.9 Å². The lowest BCUT2D eigenvalue weighted by atomic mass is 10.2. The van der Waals surface area contributed by atoms with Crippen LogP contribution >= 0.6 is 0 Å². The highest BCUT2D eigenvalue weighted by molar-refractivity contribution is 5.93. The molecule has 0 radical (unpaired) electrons. The third-order valence-electron chi connectivity index (χ3n) is 3.61. The Morgan fingerprint density at radius 1 is 0.958 bits per heavy atom. The monoisotopic (exact) mass is 325 g/mol. The van der Waals surface area contributed by atoms with Crippen molar-refractivity contribution >= 4 is 23.0 Å². The molecular formula is C19H23N3O2. The molecule has 0 bridgehead atoms. The molecular weight excluding hydrogens is 302 g/mol. The smallest absolute Gasteiger partial charge is 0.337 e. The average molecular weight is 325 g/mol. The fraction of sp³-hybridized carbons (Fsp3) is 0.316. The Kier molecular flexibility index (Phi) is 6.49. The van der Waals surface area contributed by atoms with Crippen LogP contribution in [-0.4, -0.2) is 24.2 Å². The zero-order chi connectivity index (χ0) is 17.4. The van der Waals surface area contributed by atoms with Gasteiger partial charge in [0.05, 0.1) is 11.3 Å². The van der Waals surface area contributed by atoms with Crippen LogP contribution < -0.4 is 4.90 Å². The van der Waals surface area contributed by atoms with Gasteiger partial charge in [-0.1, -0.05) is 26.0 Å². The summed E-state index contributed by atoms with van der Waals surface area (Å²) < 4.78 is 0. The van der Waals surface area contributed by atoms with Gasteiger partial charge in [0.1, 0.15) is 5.69 Å². The maximum atomic E-state index is 11.2. The van der Waals surface area contributed by atoms with Crippen molar-refractivity contribution in [1.82, 2.24) is 0 Å². The van der Waals surface area contributed by atoms with Crippen molar-refractivity contribution in [1.29, 1.82) is 0 Å². The Balaban J connectivity index is 2.15. The van der Waals surface area contributed by atoms with Crippen LogP contribution in [0.3, 0.4) is 0 Å². The lowest BCUT2D eigenvalue weighted by Crippen LogP contribution is -2.24. The molecule has 2 aromatic rings. The number of azo groups is 1. The van der Waals surface area contributed by atoms with Crippen molar-refractivity contribution in [3.8, 4) is 0 Å². The fourth-order valence-corrected chi connectivity index (χ4v) is 2.49. The van der Waals surface area contributed by atoms with Gasteiger partial charge in [0.2, 0.25) is 0 Å². The third-order valence-corrected chi connectivity index (χ3v) is 3.61. The second kappa shape index (κ2) is 8.82. The van der Waals surface area contributed by atoms with Crippen LogP contribution in [0.25, 0.3) is 0 Å². The summed E-state index contributed by atoms with van der Waals surface area (Å²) in [5.41, 5.74) is 2.37. The van der Waals surface area contributed by atoms with Crippen molar-refractivity contribution in [2.45, 2.75) is 26.7 Å². The number of rotatable bonds is 8. The van der Waals surface area contributed by atoms with E-state index in [4.69, 9.17) is 5.11 Å². The van der Waals surface area contributed by atoms with E-state index in [1.165, 1.54) is 11.8 Å². The van der Waals surface area contributed by atoms with E-state index >= 15 is 0 Å². The summed E-state index contributed by atoms with van der Waals surface area (Å²) in [7, 11) is 0. The molecule has 0 aliphatic carbocycles. The number of hydrogen-bond acceptors (Lipinski definition) is 4. The molecule has 5 nitrogen and oxygen atoms in total. The maximum absolute atomic E-state index is 11.2. The van der Waals surface area contributed by atoms with Crippen LogP contribution in [0, 0.1) is 0 Å². The number of carboxylic acids is 1. The summed E-state index contributed by atoms with van der Waals surface area (Å²) in [6.45, 7) is 6.40. The largest absolute Gasteiger partial charge is 0.478 e. The van der Waals surface area contributed by atoms with Crippen LogP contribution in [0.5, 0.6) is 0 Å². The highest BCUT2D eigenvalue weighted by Gasteiger charge is 2.08. The van der Waals surface area contributed by atoms with Crippen molar-refractivity contribution in [2.75, 3.05) is 18.0 Å². The van der Waals surface area contributed by atoms with E-state index < -0.39 is 5.97 Å². The van der Waals surface area contributed by atoms with Crippen LogP contribution in [0.1, 0.15) is 37.0 Å². The summed E-state index contributed by atoms with van der Waals surface area (Å²) in [6.07, 6.45) is 2.21. The number of hydrogen-bond donors (Lipinski definition) is 1. The van der Waals surface area contributed by atoms with Gasteiger partial charge in [-0.2, -0.15) is 5.11 Å². The summed E-state index contributed by atoms with van der Waals surface area (Å²) in [5.74, 6) is -1.00. The molecule has 0 saturated heterocycles. The van der Waals surface area contributed by atoms with Crippen molar-refractivity contribution < 1.29 is 9.90 Å². The van der Waals surface area contributed by atoms with Crippen molar-refractivity contribution in [2.24, 2.45) is 10.2 Å². The summed E-state index contributed by atoms with van der Waals surface area (Å²) in [4.78, 5) is 13.5. The average Bonchev–Trinajstić information content (AvgIpc) is 2.60. The molecule has 126 valence electrons. The van der Waals surface area contributed by atoms with E-state index in [-0.39, 0.29) is 5.56 Å². The zero-order valence-corrected chi connectivity index (χ0v) is 14.1. The predicted octanol–water partition coefficient (Wildman–Crippen LogP) is 5.43. The van der Waals surface area contributed by atoms with Gasteiger partial charge in [-0.25, -0.2) is 4.79 Å². The molecule has 0 aromatic heterocycles. The Morgan fingerprint density at radius 2 is 1.58 bits per heavy atom. The molecule has 0 amide bonds. The molecule has 2 aromatic carbocycles. The Morgan fingerprint density at radius 3 is 2.17 bits per heavy atom. The molecule has 0 atom stereocenters. The molecule has 0 unspecified atom stereocenters. The van der Waals surface area contributed by atoms with Crippen molar-refractivity contribution in [3.63, 3.8) is 0 Å². The maximum Gasteiger partial charge on any atom is 0.337 e. The van der Waals surface area contributed by atoms with Gasteiger partial charge in [-0.05, 0) is 49.2 Å². The fourth-order valence-electron chi connectivity index (χ4n) is 2.49. The Bertz CT molecular complexity index is 690. The summed E-state index contributed by atoms with van der Waals surface area (Å²) in [5, 5.41) is 17.4. The molecule has 5 heteroatoms. The van der Waals surface area contributed by atoms with Gasteiger partial charge in [-0.15, -0.1) is 5.11 Å². The molecule has 0 heterocycles. The number of benzene rings is 2. The highest BCUT2D eigenvalue weighted by Crippen LogP contribution is 2.24. The lowest BCUT2D eigenvalue weighted by molar-refractivity contribution is 0.0697. The quantitative estimate of drug-likeness (QED) is 0.658. The number of carbonyl (C=O) groups is 1. The molecule has 0 fully saturated rings. The summed E-state index contributed by atoms with van der Waals surface area (Å²) >= 11 is 0. The van der Waals surface area contributed by atoms with Gasteiger partial charge >= 0.3 is 5.97 Å². The second-order valence-electron chi connectivity index (χ2n) is 5.53. The molecule has 0 aliphatic heterocycles. The summed E-state index contributed by atoms with van der Waals surface area (Å²) in [6, 6.07) is 14.5. The second-order valence-corrected chi connectivity index (χ2v) is 5.53. The first-order valence-corrected chi connectivity index (χ1v) is 8.24. The third kappa shape index (κ3) is 4.65. The molecule has 1 N–H and O–H groups in total. The first-order valence-electron chi connectivity index (χ1n) is 8.24. The van der Waals surface area contributed by atoms with Crippen LogP contribution in [0.2, 0.25) is 0 Å². The number of nitrogens with zero attached hydrogens (tertiary/aromatic N) is 3. The van der Waals surface area contributed by atoms with Gasteiger partial charge in [-0.3, -0.25) is 0 Å². The van der Waals surface area contributed by atoms with Crippen molar-refractivity contribution in [3.05, 3.63) is 54.1 Å². The minimum Gasteiger partial charge on any atom is -0.478 e.